The molecule has 1 N–H and O–H groups in total. The van der Waals surface area contributed by atoms with Gasteiger partial charge in [0.2, 0.25) is 5.91 Å². The van der Waals surface area contributed by atoms with Gasteiger partial charge < -0.3 is 10.1 Å². The zero-order valence-corrected chi connectivity index (χ0v) is 18.3. The SMILES string of the molecule is COc1ccccc1CNC(=O)CCC1N=C2c3ccccc3N=C(SCC#N)N2C1=O. The molecular weight excluding hydrogens is 426 g/mol. The summed E-state index contributed by atoms with van der Waals surface area (Å²) in [6, 6.07) is 16.3. The fourth-order valence-electron chi connectivity index (χ4n) is 3.58. The van der Waals surface area contributed by atoms with Crippen LogP contribution in [0.3, 0.4) is 0 Å². The number of rotatable bonds is 7. The average Bonchev–Trinajstić information content (AvgIpc) is 3.16. The summed E-state index contributed by atoms with van der Waals surface area (Å²) in [4.78, 5) is 36.1. The zero-order chi connectivity index (χ0) is 22.5. The number of benzene rings is 2. The Kier molecular flexibility index (Phi) is 6.52. The highest BCUT2D eigenvalue weighted by atomic mass is 32.2. The normalized spacial score (nSPS) is 16.4. The molecule has 0 radical (unpaired) electrons. The van der Waals surface area contributed by atoms with Crippen LogP contribution in [0.4, 0.5) is 5.69 Å². The second kappa shape index (κ2) is 9.66. The Bertz CT molecular complexity index is 1150. The topological polar surface area (TPSA) is 107 Å². The number of thioether (sulfide) groups is 1. The first-order chi connectivity index (χ1) is 15.6. The van der Waals surface area contributed by atoms with Gasteiger partial charge in [-0.1, -0.05) is 42.1 Å². The van der Waals surface area contributed by atoms with Crippen molar-refractivity contribution in [1.82, 2.24) is 10.2 Å². The molecule has 2 aliphatic heterocycles. The molecule has 32 heavy (non-hydrogen) atoms. The first-order valence-electron chi connectivity index (χ1n) is 10.1. The van der Waals surface area contributed by atoms with Gasteiger partial charge in [-0.05, 0) is 24.6 Å². The molecule has 2 aromatic rings. The molecule has 0 aromatic heterocycles. The molecule has 2 aliphatic rings. The van der Waals surface area contributed by atoms with Crippen LogP contribution in [0.2, 0.25) is 0 Å². The number of methoxy groups -OCH3 is 1. The third-order valence-electron chi connectivity index (χ3n) is 5.13. The first kappa shape index (κ1) is 21.6. The fraction of sp³-hybridized carbons (Fsp3) is 0.261. The standard InChI is InChI=1S/C23H21N5O3S/c1-31-19-9-5-2-6-15(19)14-25-20(29)11-10-18-22(30)28-21(26-18)16-7-3-4-8-17(16)27-23(28)32-13-12-24/h2-9,18H,10-11,13-14H2,1H3,(H,25,29). The Morgan fingerprint density at radius 3 is 2.84 bits per heavy atom. The molecule has 0 saturated heterocycles. The highest BCUT2D eigenvalue weighted by molar-refractivity contribution is 8.14. The predicted molar refractivity (Wildman–Crippen MR) is 123 cm³/mol. The number of carbonyl (C=O) groups excluding carboxylic acids is 2. The molecule has 1 unspecified atom stereocenters. The van der Waals surface area contributed by atoms with E-state index in [9.17, 15) is 9.59 Å². The number of amidine groups is 2. The number of para-hydroxylation sites is 2. The highest BCUT2D eigenvalue weighted by Crippen LogP contribution is 2.34. The van der Waals surface area contributed by atoms with E-state index in [1.165, 1.54) is 16.7 Å². The quantitative estimate of drug-likeness (QED) is 0.702. The average molecular weight is 448 g/mol. The molecule has 162 valence electrons. The maximum atomic E-state index is 13.1. The van der Waals surface area contributed by atoms with Crippen molar-refractivity contribution in [1.29, 1.82) is 5.26 Å². The minimum atomic E-state index is -0.666. The van der Waals surface area contributed by atoms with Crippen molar-refractivity contribution in [2.24, 2.45) is 9.98 Å². The Labute approximate surface area is 190 Å². The number of hydrogen-bond donors (Lipinski definition) is 1. The number of carbonyl (C=O) groups is 2. The Morgan fingerprint density at radius 2 is 2.03 bits per heavy atom. The summed E-state index contributed by atoms with van der Waals surface area (Å²) in [6.45, 7) is 0.344. The minimum Gasteiger partial charge on any atom is -0.496 e. The van der Waals surface area contributed by atoms with E-state index in [1.807, 2.05) is 48.5 Å². The van der Waals surface area contributed by atoms with E-state index >= 15 is 0 Å². The van der Waals surface area contributed by atoms with Gasteiger partial charge in [0, 0.05) is 24.1 Å². The van der Waals surface area contributed by atoms with E-state index in [-0.39, 0.29) is 30.4 Å². The van der Waals surface area contributed by atoms with Crippen molar-refractivity contribution in [3.63, 3.8) is 0 Å². The van der Waals surface area contributed by atoms with Crippen LogP contribution in [0.5, 0.6) is 5.75 Å². The van der Waals surface area contributed by atoms with Crippen LogP contribution in [-0.2, 0) is 16.1 Å². The van der Waals surface area contributed by atoms with Gasteiger partial charge in [-0.3, -0.25) is 14.6 Å². The number of hydrogen-bond acceptors (Lipinski definition) is 7. The summed E-state index contributed by atoms with van der Waals surface area (Å²) < 4.78 is 5.30. The van der Waals surface area contributed by atoms with Crippen LogP contribution >= 0.6 is 11.8 Å². The highest BCUT2D eigenvalue weighted by Gasteiger charge is 2.41. The van der Waals surface area contributed by atoms with Crippen molar-refractivity contribution in [3.8, 4) is 11.8 Å². The number of nitrogens with one attached hydrogen (secondary N) is 1. The first-order valence-corrected chi connectivity index (χ1v) is 11.1. The van der Waals surface area contributed by atoms with E-state index in [1.54, 1.807) is 7.11 Å². The van der Waals surface area contributed by atoms with Gasteiger partial charge in [-0.2, -0.15) is 5.26 Å². The molecule has 8 nitrogen and oxygen atoms in total. The Hall–Kier alpha value is -3.64. The lowest BCUT2D eigenvalue weighted by atomic mass is 10.1. The third kappa shape index (κ3) is 4.36. The molecule has 2 aromatic carbocycles. The Balaban J connectivity index is 1.43. The van der Waals surface area contributed by atoms with Crippen molar-refractivity contribution in [2.75, 3.05) is 12.9 Å². The van der Waals surface area contributed by atoms with Crippen molar-refractivity contribution in [3.05, 3.63) is 59.7 Å². The summed E-state index contributed by atoms with van der Waals surface area (Å²) in [5.41, 5.74) is 2.36. The third-order valence-corrected chi connectivity index (χ3v) is 5.93. The van der Waals surface area contributed by atoms with Gasteiger partial charge in [0.05, 0.1) is 24.6 Å². The molecule has 1 atom stereocenters. The van der Waals surface area contributed by atoms with E-state index in [4.69, 9.17) is 10.00 Å². The number of fused-ring (bicyclic) bond motifs is 3. The van der Waals surface area contributed by atoms with Crippen LogP contribution in [0.25, 0.3) is 0 Å². The lowest BCUT2D eigenvalue weighted by Gasteiger charge is -2.25. The zero-order valence-electron chi connectivity index (χ0n) is 17.4. The monoisotopic (exact) mass is 447 g/mol. The lowest BCUT2D eigenvalue weighted by Crippen LogP contribution is -2.41. The predicted octanol–water partition coefficient (Wildman–Crippen LogP) is 3.01. The molecular formula is C23H21N5O3S. The molecule has 0 fully saturated rings. The van der Waals surface area contributed by atoms with Crippen LogP contribution in [0, 0.1) is 11.3 Å². The van der Waals surface area contributed by atoms with E-state index in [2.05, 4.69) is 21.4 Å². The van der Waals surface area contributed by atoms with Crippen LogP contribution < -0.4 is 10.1 Å². The number of aliphatic imine (C=N–C) groups is 2. The number of ether oxygens (including phenoxy) is 1. The summed E-state index contributed by atoms with van der Waals surface area (Å²) in [6.07, 6.45) is 0.449. The molecule has 2 amide bonds. The van der Waals surface area contributed by atoms with Crippen molar-refractivity contribution >= 4 is 40.3 Å². The largest absolute Gasteiger partial charge is 0.496 e. The van der Waals surface area contributed by atoms with Gasteiger partial charge in [0.25, 0.3) is 5.91 Å². The summed E-state index contributed by atoms with van der Waals surface area (Å²) in [5.74, 6) is 1.02. The van der Waals surface area contributed by atoms with Crippen molar-refractivity contribution < 1.29 is 14.3 Å². The fourth-order valence-corrected chi connectivity index (χ4v) is 4.24. The van der Waals surface area contributed by atoms with E-state index < -0.39 is 6.04 Å². The molecule has 0 spiro atoms. The second-order valence-electron chi connectivity index (χ2n) is 7.13. The van der Waals surface area contributed by atoms with E-state index in [0.717, 1.165) is 11.1 Å². The van der Waals surface area contributed by atoms with Gasteiger partial charge in [-0.15, -0.1) is 0 Å². The molecule has 0 aliphatic carbocycles. The molecule has 4 rings (SSSR count). The summed E-state index contributed by atoms with van der Waals surface area (Å²) in [5, 5.41) is 12.3. The maximum absolute atomic E-state index is 13.1. The molecule has 2 heterocycles. The maximum Gasteiger partial charge on any atom is 0.259 e. The van der Waals surface area contributed by atoms with Crippen LogP contribution in [-0.4, -0.2) is 46.6 Å². The lowest BCUT2D eigenvalue weighted by molar-refractivity contribution is -0.125. The van der Waals surface area contributed by atoms with Gasteiger partial charge in [0.15, 0.2) is 5.17 Å². The van der Waals surface area contributed by atoms with Gasteiger partial charge >= 0.3 is 0 Å². The van der Waals surface area contributed by atoms with Crippen LogP contribution in [0.15, 0.2) is 58.5 Å². The number of nitriles is 1. The summed E-state index contributed by atoms with van der Waals surface area (Å²) >= 11 is 1.20. The van der Waals surface area contributed by atoms with E-state index in [0.29, 0.717) is 29.0 Å². The second-order valence-corrected chi connectivity index (χ2v) is 8.07. The summed E-state index contributed by atoms with van der Waals surface area (Å²) in [7, 11) is 1.59. The molecule has 0 bridgehead atoms. The van der Waals surface area contributed by atoms with Gasteiger partial charge in [0.1, 0.15) is 17.6 Å². The van der Waals surface area contributed by atoms with Crippen LogP contribution in [0.1, 0.15) is 24.0 Å². The molecule has 0 saturated carbocycles. The minimum absolute atomic E-state index is 0.162. The molecule has 9 heteroatoms. The van der Waals surface area contributed by atoms with Crippen molar-refractivity contribution in [2.45, 2.75) is 25.4 Å². The number of nitrogens with zero attached hydrogens (tertiary/aromatic N) is 4. The number of amides is 2. The van der Waals surface area contributed by atoms with Gasteiger partial charge in [-0.25, -0.2) is 9.89 Å². The Morgan fingerprint density at radius 1 is 1.25 bits per heavy atom. The smallest absolute Gasteiger partial charge is 0.259 e.